The van der Waals surface area contributed by atoms with E-state index in [1.54, 1.807) is 11.0 Å². The van der Waals surface area contributed by atoms with Crippen LogP contribution in [0.4, 0.5) is 5.69 Å². The van der Waals surface area contributed by atoms with Crippen molar-refractivity contribution >= 4 is 15.7 Å². The van der Waals surface area contributed by atoms with E-state index in [9.17, 15) is 8.42 Å². The van der Waals surface area contributed by atoms with Gasteiger partial charge in [-0.1, -0.05) is 12.1 Å². The van der Waals surface area contributed by atoms with Crippen molar-refractivity contribution in [2.45, 2.75) is 38.9 Å². The van der Waals surface area contributed by atoms with Gasteiger partial charge in [-0.15, -0.1) is 0 Å². The first-order chi connectivity index (χ1) is 11.5. The monoisotopic (exact) mass is 349 g/mol. The summed E-state index contributed by atoms with van der Waals surface area (Å²) in [6.07, 6.45) is 3.91. The number of nitrogens with one attached hydrogen (secondary N) is 1. The number of hydrogen-bond acceptors (Lipinski definition) is 5. The van der Waals surface area contributed by atoms with Gasteiger partial charge in [-0.3, -0.25) is 8.99 Å². The Hall–Kier alpha value is -1.93. The molecule has 0 spiro atoms. The van der Waals surface area contributed by atoms with Crippen molar-refractivity contribution in [3.05, 3.63) is 42.5 Å². The zero-order chi connectivity index (χ0) is 17.2. The maximum atomic E-state index is 12.1. The second-order valence-corrected chi connectivity index (χ2v) is 8.26. The molecule has 0 radical (unpaired) electrons. The number of benzene rings is 1. The predicted molar refractivity (Wildman–Crippen MR) is 93.2 cm³/mol. The molecular formula is C16H23N5O2S. The second kappa shape index (κ2) is 6.90. The molecule has 2 aromatic rings. The molecule has 2 heterocycles. The van der Waals surface area contributed by atoms with E-state index in [0.717, 1.165) is 17.8 Å². The predicted octanol–water partition coefficient (Wildman–Crippen LogP) is 1.56. The van der Waals surface area contributed by atoms with Gasteiger partial charge in [0.2, 0.25) is 10.0 Å². The molecule has 1 aliphatic heterocycles. The molecule has 2 atom stereocenters. The van der Waals surface area contributed by atoms with Crippen LogP contribution in [0.1, 0.15) is 31.9 Å². The lowest BCUT2D eigenvalue weighted by Crippen LogP contribution is -2.33. The SMILES string of the molecule is C[C@H](Cn1cncn1)N[C@H](C)c1cccc(N2CCCS2(=O)=O)c1. The third-order valence-corrected chi connectivity index (χ3v) is 6.09. The van der Waals surface area contributed by atoms with Gasteiger partial charge < -0.3 is 5.32 Å². The van der Waals surface area contributed by atoms with Crippen LogP contribution in [0.3, 0.4) is 0 Å². The third-order valence-electron chi connectivity index (χ3n) is 4.22. The summed E-state index contributed by atoms with van der Waals surface area (Å²) in [5.41, 5.74) is 1.82. The molecule has 1 fully saturated rings. The highest BCUT2D eigenvalue weighted by molar-refractivity contribution is 7.93. The molecule has 1 aromatic carbocycles. The third kappa shape index (κ3) is 3.76. The van der Waals surface area contributed by atoms with Crippen LogP contribution in [0.15, 0.2) is 36.9 Å². The zero-order valence-electron chi connectivity index (χ0n) is 14.0. The van der Waals surface area contributed by atoms with Gasteiger partial charge in [0.25, 0.3) is 0 Å². The number of anilines is 1. The van der Waals surface area contributed by atoms with Crippen molar-refractivity contribution < 1.29 is 8.42 Å². The van der Waals surface area contributed by atoms with Crippen LogP contribution in [-0.4, -0.2) is 41.5 Å². The normalized spacial score (nSPS) is 19.3. The first kappa shape index (κ1) is 16.9. The quantitative estimate of drug-likeness (QED) is 0.856. The number of hydrogen-bond donors (Lipinski definition) is 1. The highest BCUT2D eigenvalue weighted by atomic mass is 32.2. The molecule has 1 saturated heterocycles. The van der Waals surface area contributed by atoms with Gasteiger partial charge in [-0.25, -0.2) is 13.4 Å². The number of aromatic nitrogens is 3. The summed E-state index contributed by atoms with van der Waals surface area (Å²) in [6, 6.07) is 8.07. The molecule has 8 heteroatoms. The maximum absolute atomic E-state index is 12.1. The smallest absolute Gasteiger partial charge is 0.235 e. The first-order valence-electron chi connectivity index (χ1n) is 8.14. The highest BCUT2D eigenvalue weighted by Gasteiger charge is 2.28. The van der Waals surface area contributed by atoms with E-state index in [4.69, 9.17) is 0 Å². The molecule has 0 saturated carbocycles. The van der Waals surface area contributed by atoms with Crippen LogP contribution in [0.25, 0.3) is 0 Å². The molecule has 1 aromatic heterocycles. The van der Waals surface area contributed by atoms with Crippen LogP contribution in [0.2, 0.25) is 0 Å². The van der Waals surface area contributed by atoms with E-state index in [0.29, 0.717) is 13.0 Å². The standard InChI is InChI=1S/C16H23N5O2S/c1-13(10-20-12-17-11-18-20)19-14(2)15-5-3-6-16(9-15)21-7-4-8-24(21,22)23/h3,5-6,9,11-14,19H,4,7-8,10H2,1-2H3/t13-,14-/m1/s1. The van der Waals surface area contributed by atoms with Gasteiger partial charge in [0.1, 0.15) is 12.7 Å². The Balaban J connectivity index is 1.69. The Morgan fingerprint density at radius 3 is 2.83 bits per heavy atom. The van der Waals surface area contributed by atoms with E-state index >= 15 is 0 Å². The fraction of sp³-hybridized carbons (Fsp3) is 0.500. The van der Waals surface area contributed by atoms with E-state index in [1.165, 1.54) is 10.6 Å². The van der Waals surface area contributed by atoms with Gasteiger partial charge in [0, 0.05) is 18.6 Å². The lowest BCUT2D eigenvalue weighted by molar-refractivity contribution is 0.412. The van der Waals surface area contributed by atoms with Gasteiger partial charge in [-0.05, 0) is 38.0 Å². The molecule has 130 valence electrons. The van der Waals surface area contributed by atoms with Crippen LogP contribution >= 0.6 is 0 Å². The summed E-state index contributed by atoms with van der Waals surface area (Å²) in [5, 5.41) is 7.63. The van der Waals surface area contributed by atoms with Crippen molar-refractivity contribution in [3.63, 3.8) is 0 Å². The Labute approximate surface area is 142 Å². The zero-order valence-corrected chi connectivity index (χ0v) is 14.8. The number of nitrogens with zero attached hydrogens (tertiary/aromatic N) is 4. The summed E-state index contributed by atoms with van der Waals surface area (Å²) in [6.45, 7) is 5.46. The Bertz CT molecular complexity index is 776. The molecule has 0 aliphatic carbocycles. The van der Waals surface area contributed by atoms with Crippen molar-refractivity contribution in [3.8, 4) is 0 Å². The topological polar surface area (TPSA) is 80.1 Å². The van der Waals surface area contributed by atoms with Gasteiger partial charge >= 0.3 is 0 Å². The maximum Gasteiger partial charge on any atom is 0.235 e. The first-order valence-corrected chi connectivity index (χ1v) is 9.75. The molecule has 0 unspecified atom stereocenters. The average molecular weight is 349 g/mol. The van der Waals surface area contributed by atoms with Crippen molar-refractivity contribution in [2.75, 3.05) is 16.6 Å². The van der Waals surface area contributed by atoms with Gasteiger partial charge in [0.15, 0.2) is 0 Å². The Morgan fingerprint density at radius 1 is 1.33 bits per heavy atom. The fourth-order valence-corrected chi connectivity index (χ4v) is 4.62. The van der Waals surface area contributed by atoms with E-state index < -0.39 is 10.0 Å². The molecule has 1 aliphatic rings. The Kier molecular flexibility index (Phi) is 4.86. The summed E-state index contributed by atoms with van der Waals surface area (Å²) in [7, 11) is -3.15. The van der Waals surface area contributed by atoms with E-state index in [1.807, 2.05) is 24.3 Å². The van der Waals surface area contributed by atoms with Crippen molar-refractivity contribution in [1.82, 2.24) is 20.1 Å². The lowest BCUT2D eigenvalue weighted by Gasteiger charge is -2.22. The molecule has 7 nitrogen and oxygen atoms in total. The second-order valence-electron chi connectivity index (χ2n) is 6.24. The fourth-order valence-electron chi connectivity index (χ4n) is 3.06. The van der Waals surface area contributed by atoms with Crippen LogP contribution in [-0.2, 0) is 16.6 Å². The molecular weight excluding hydrogens is 326 g/mol. The summed E-state index contributed by atoms with van der Waals surface area (Å²) in [5.74, 6) is 0.236. The number of rotatable bonds is 6. The molecule has 0 amide bonds. The van der Waals surface area contributed by atoms with Crippen LogP contribution in [0, 0.1) is 0 Å². The number of sulfonamides is 1. The molecule has 3 rings (SSSR count). The molecule has 24 heavy (non-hydrogen) atoms. The van der Waals surface area contributed by atoms with Crippen molar-refractivity contribution in [1.29, 1.82) is 0 Å². The minimum atomic E-state index is -3.15. The molecule has 1 N–H and O–H groups in total. The van der Waals surface area contributed by atoms with Crippen molar-refractivity contribution in [2.24, 2.45) is 0 Å². The summed E-state index contributed by atoms with van der Waals surface area (Å²) in [4.78, 5) is 3.94. The largest absolute Gasteiger partial charge is 0.306 e. The highest BCUT2D eigenvalue weighted by Crippen LogP contribution is 2.26. The Morgan fingerprint density at radius 2 is 2.17 bits per heavy atom. The summed E-state index contributed by atoms with van der Waals surface area (Å²) >= 11 is 0. The van der Waals surface area contributed by atoms with Gasteiger partial charge in [0.05, 0.1) is 18.0 Å². The van der Waals surface area contributed by atoms with Crippen LogP contribution < -0.4 is 9.62 Å². The van der Waals surface area contributed by atoms with Gasteiger partial charge in [-0.2, -0.15) is 5.10 Å². The lowest BCUT2D eigenvalue weighted by atomic mass is 10.1. The average Bonchev–Trinajstić information content (AvgIpc) is 3.16. The molecule has 0 bridgehead atoms. The van der Waals surface area contributed by atoms with E-state index in [-0.39, 0.29) is 17.8 Å². The summed E-state index contributed by atoms with van der Waals surface area (Å²) < 4.78 is 27.5. The minimum Gasteiger partial charge on any atom is -0.306 e. The van der Waals surface area contributed by atoms with E-state index in [2.05, 4.69) is 29.2 Å². The minimum absolute atomic E-state index is 0.105. The van der Waals surface area contributed by atoms with Crippen LogP contribution in [0.5, 0.6) is 0 Å².